The lowest BCUT2D eigenvalue weighted by Crippen LogP contribution is -2.41. The first-order valence-electron chi connectivity index (χ1n) is 9.28. The molecule has 1 amide bonds. The highest BCUT2D eigenvalue weighted by atomic mass is 35.5. The molecule has 0 radical (unpaired) electrons. The SMILES string of the molecule is O=C(CN(c1cccc(Cl)c1Cl)S(=O)(=O)c1ccccc1)NCCSCc1ccco1. The molecule has 0 fully saturated rings. The van der Waals surface area contributed by atoms with Crippen LogP contribution in [0.1, 0.15) is 5.76 Å². The zero-order valence-electron chi connectivity index (χ0n) is 16.3. The molecule has 10 heteroatoms. The van der Waals surface area contributed by atoms with E-state index >= 15 is 0 Å². The van der Waals surface area contributed by atoms with Gasteiger partial charge in [-0.25, -0.2) is 8.42 Å². The first-order chi connectivity index (χ1) is 14.9. The van der Waals surface area contributed by atoms with Gasteiger partial charge >= 0.3 is 0 Å². The molecule has 0 aliphatic heterocycles. The van der Waals surface area contributed by atoms with Gasteiger partial charge in [0.15, 0.2) is 0 Å². The smallest absolute Gasteiger partial charge is 0.264 e. The number of rotatable bonds is 10. The highest BCUT2D eigenvalue weighted by molar-refractivity contribution is 7.98. The summed E-state index contributed by atoms with van der Waals surface area (Å²) in [6.45, 7) is -0.0488. The molecule has 1 N–H and O–H groups in total. The fraction of sp³-hybridized carbons (Fsp3) is 0.190. The molecule has 0 aliphatic carbocycles. The van der Waals surface area contributed by atoms with Crippen molar-refractivity contribution in [1.29, 1.82) is 0 Å². The van der Waals surface area contributed by atoms with Crippen LogP contribution in [-0.2, 0) is 20.6 Å². The number of anilines is 1. The maximum Gasteiger partial charge on any atom is 0.264 e. The Morgan fingerprint density at radius 2 is 1.81 bits per heavy atom. The molecular weight excluding hydrogens is 479 g/mol. The Labute approximate surface area is 195 Å². The van der Waals surface area contributed by atoms with E-state index in [-0.39, 0.29) is 20.6 Å². The summed E-state index contributed by atoms with van der Waals surface area (Å²) in [4.78, 5) is 12.6. The monoisotopic (exact) mass is 498 g/mol. The van der Waals surface area contributed by atoms with Crippen LogP contribution in [0.25, 0.3) is 0 Å². The van der Waals surface area contributed by atoms with E-state index in [2.05, 4.69) is 5.32 Å². The number of benzene rings is 2. The minimum atomic E-state index is -4.04. The third kappa shape index (κ3) is 6.20. The Bertz CT molecular complexity index is 1110. The number of carbonyl (C=O) groups excluding carboxylic acids is 1. The number of sulfonamides is 1. The number of amides is 1. The van der Waals surface area contributed by atoms with E-state index in [9.17, 15) is 13.2 Å². The average molecular weight is 499 g/mol. The fourth-order valence-electron chi connectivity index (χ4n) is 2.72. The van der Waals surface area contributed by atoms with Gasteiger partial charge in [-0.3, -0.25) is 9.10 Å². The molecule has 6 nitrogen and oxygen atoms in total. The van der Waals surface area contributed by atoms with Crippen LogP contribution in [0.15, 0.2) is 76.2 Å². The van der Waals surface area contributed by atoms with E-state index in [1.54, 1.807) is 48.4 Å². The predicted octanol–water partition coefficient (Wildman–Crippen LogP) is 4.83. The van der Waals surface area contributed by atoms with Crippen LogP contribution in [0, 0.1) is 0 Å². The Morgan fingerprint density at radius 1 is 1.03 bits per heavy atom. The molecule has 0 bridgehead atoms. The zero-order chi connectivity index (χ0) is 22.3. The van der Waals surface area contributed by atoms with Gasteiger partial charge in [-0.15, -0.1) is 0 Å². The van der Waals surface area contributed by atoms with Crippen LogP contribution in [0.4, 0.5) is 5.69 Å². The summed E-state index contributed by atoms with van der Waals surface area (Å²) in [6, 6.07) is 16.2. The Hall–Kier alpha value is -2.13. The molecule has 0 saturated heterocycles. The van der Waals surface area contributed by atoms with Gasteiger partial charge in [0.25, 0.3) is 10.0 Å². The lowest BCUT2D eigenvalue weighted by atomic mass is 10.3. The maximum absolute atomic E-state index is 13.3. The minimum Gasteiger partial charge on any atom is -0.468 e. The molecule has 164 valence electrons. The minimum absolute atomic E-state index is 0.0489. The highest BCUT2D eigenvalue weighted by Crippen LogP contribution is 2.35. The van der Waals surface area contributed by atoms with Crippen molar-refractivity contribution >= 4 is 56.6 Å². The summed E-state index contributed by atoms with van der Waals surface area (Å²) in [7, 11) is -4.04. The second kappa shape index (κ2) is 10.9. The standard InChI is InChI=1S/C21H20Cl2N2O4S2/c22-18-9-4-10-19(21(18)23)25(31(27,28)17-7-2-1-3-8-17)14-20(26)24-11-13-30-15-16-6-5-12-29-16/h1-10,12H,11,13-15H2,(H,24,26). The van der Waals surface area contributed by atoms with Gasteiger partial charge < -0.3 is 9.73 Å². The number of hydrogen-bond donors (Lipinski definition) is 1. The van der Waals surface area contributed by atoms with Crippen molar-refractivity contribution < 1.29 is 17.6 Å². The summed E-state index contributed by atoms with van der Waals surface area (Å²) in [6.07, 6.45) is 1.61. The lowest BCUT2D eigenvalue weighted by Gasteiger charge is -2.25. The Morgan fingerprint density at radius 3 is 2.52 bits per heavy atom. The second-order valence-electron chi connectivity index (χ2n) is 6.38. The maximum atomic E-state index is 13.3. The molecule has 3 rings (SSSR count). The number of thioether (sulfide) groups is 1. The molecule has 0 atom stereocenters. The van der Waals surface area contributed by atoms with Crippen molar-refractivity contribution in [2.45, 2.75) is 10.6 Å². The highest BCUT2D eigenvalue weighted by Gasteiger charge is 2.29. The fourth-order valence-corrected chi connectivity index (χ4v) is 5.38. The van der Waals surface area contributed by atoms with Crippen molar-refractivity contribution in [2.24, 2.45) is 0 Å². The van der Waals surface area contributed by atoms with Crippen molar-refractivity contribution in [3.05, 3.63) is 82.7 Å². The molecule has 0 spiro atoms. The van der Waals surface area contributed by atoms with Gasteiger partial charge in [-0.05, 0) is 36.4 Å². The van der Waals surface area contributed by atoms with Gasteiger partial charge in [-0.2, -0.15) is 11.8 Å². The number of halogens is 2. The van der Waals surface area contributed by atoms with E-state index in [0.29, 0.717) is 18.1 Å². The van der Waals surface area contributed by atoms with E-state index in [4.69, 9.17) is 27.6 Å². The number of furan rings is 1. The van der Waals surface area contributed by atoms with Gasteiger partial charge in [0, 0.05) is 12.3 Å². The number of nitrogens with zero attached hydrogens (tertiary/aromatic N) is 1. The molecular formula is C21H20Cl2N2O4S2. The van der Waals surface area contributed by atoms with Crippen molar-refractivity contribution in [3.63, 3.8) is 0 Å². The largest absolute Gasteiger partial charge is 0.468 e. The molecule has 0 saturated carbocycles. The quantitative estimate of drug-likeness (QED) is 0.404. The average Bonchev–Trinajstić information content (AvgIpc) is 3.28. The summed E-state index contributed by atoms with van der Waals surface area (Å²) in [5.41, 5.74) is 0.139. The first-order valence-corrected chi connectivity index (χ1v) is 12.6. The molecule has 2 aromatic carbocycles. The zero-order valence-corrected chi connectivity index (χ0v) is 19.5. The van der Waals surface area contributed by atoms with E-state index < -0.39 is 22.5 Å². The lowest BCUT2D eigenvalue weighted by molar-refractivity contribution is -0.119. The van der Waals surface area contributed by atoms with Crippen LogP contribution >= 0.6 is 35.0 Å². The van der Waals surface area contributed by atoms with Gasteiger partial charge in [-0.1, -0.05) is 47.5 Å². The summed E-state index contributed by atoms with van der Waals surface area (Å²) in [5.74, 6) is 1.74. The van der Waals surface area contributed by atoms with Crippen molar-refractivity contribution in [2.75, 3.05) is 23.1 Å². The normalized spacial score (nSPS) is 11.3. The van der Waals surface area contributed by atoms with Crippen molar-refractivity contribution in [3.8, 4) is 0 Å². The third-order valence-electron chi connectivity index (χ3n) is 4.21. The van der Waals surface area contributed by atoms with Gasteiger partial charge in [0.2, 0.25) is 5.91 Å². The molecule has 3 aromatic rings. The van der Waals surface area contributed by atoms with Crippen LogP contribution in [-0.4, -0.2) is 33.2 Å². The van der Waals surface area contributed by atoms with Crippen LogP contribution in [0.5, 0.6) is 0 Å². The summed E-state index contributed by atoms with van der Waals surface area (Å²) >= 11 is 14.0. The van der Waals surface area contributed by atoms with Crippen LogP contribution in [0.3, 0.4) is 0 Å². The number of hydrogen-bond acceptors (Lipinski definition) is 5. The molecule has 0 aliphatic rings. The predicted molar refractivity (Wildman–Crippen MR) is 125 cm³/mol. The second-order valence-corrected chi connectivity index (χ2v) is 10.1. The Balaban J connectivity index is 1.71. The topological polar surface area (TPSA) is 79.6 Å². The molecule has 1 aromatic heterocycles. The number of carbonyl (C=O) groups is 1. The third-order valence-corrected chi connectivity index (χ3v) is 7.78. The van der Waals surface area contributed by atoms with Crippen LogP contribution < -0.4 is 9.62 Å². The molecule has 1 heterocycles. The molecule has 0 unspecified atom stereocenters. The van der Waals surface area contributed by atoms with E-state index in [1.807, 2.05) is 12.1 Å². The van der Waals surface area contributed by atoms with Crippen molar-refractivity contribution in [1.82, 2.24) is 5.32 Å². The Kier molecular flexibility index (Phi) is 8.31. The van der Waals surface area contributed by atoms with Gasteiger partial charge in [0.1, 0.15) is 12.3 Å². The summed E-state index contributed by atoms with van der Waals surface area (Å²) in [5, 5.41) is 3.01. The number of nitrogens with one attached hydrogen (secondary N) is 1. The van der Waals surface area contributed by atoms with E-state index in [0.717, 1.165) is 10.1 Å². The van der Waals surface area contributed by atoms with Gasteiger partial charge in [0.05, 0.1) is 32.6 Å². The van der Waals surface area contributed by atoms with Crippen LogP contribution in [0.2, 0.25) is 10.0 Å². The molecule has 31 heavy (non-hydrogen) atoms. The van der Waals surface area contributed by atoms with E-state index in [1.165, 1.54) is 18.2 Å². The first kappa shape index (κ1) is 23.5. The summed E-state index contributed by atoms with van der Waals surface area (Å²) < 4.78 is 32.8.